The maximum Gasteiger partial charge on any atom is 0.207 e. The zero-order chi connectivity index (χ0) is 9.97. The number of carbonyl (C=O) groups excluding carboxylic acids is 1. The number of hydrogen-bond donors (Lipinski definition) is 1. The van der Waals surface area contributed by atoms with E-state index in [1.807, 2.05) is 12.1 Å². The molecule has 0 aliphatic heterocycles. The molecule has 0 aromatic heterocycles. The van der Waals surface area contributed by atoms with Crippen molar-refractivity contribution in [3.05, 3.63) is 35.4 Å². The van der Waals surface area contributed by atoms with Gasteiger partial charge in [-0.2, -0.15) is 0 Å². The lowest BCUT2D eigenvalue weighted by Gasteiger charge is -2.17. The molecule has 2 rings (SSSR count). The summed E-state index contributed by atoms with van der Waals surface area (Å²) in [4.78, 5) is 10.4. The molecule has 14 heavy (non-hydrogen) atoms. The Labute approximate surface area is 83.1 Å². The van der Waals surface area contributed by atoms with E-state index in [4.69, 9.17) is 4.74 Å². The van der Waals surface area contributed by atoms with Crippen LogP contribution in [0.3, 0.4) is 0 Å². The Morgan fingerprint density at radius 2 is 2.29 bits per heavy atom. The molecule has 0 spiro atoms. The smallest absolute Gasteiger partial charge is 0.207 e. The second kappa shape index (κ2) is 3.80. The molecule has 1 aromatic carbocycles. The highest BCUT2D eigenvalue weighted by molar-refractivity contribution is 5.49. The predicted molar refractivity (Wildman–Crippen MR) is 52.9 cm³/mol. The number of methoxy groups -OCH3 is 1. The van der Waals surface area contributed by atoms with Gasteiger partial charge < -0.3 is 10.1 Å². The van der Waals surface area contributed by atoms with E-state index >= 15 is 0 Å². The molecule has 2 atom stereocenters. The van der Waals surface area contributed by atoms with Gasteiger partial charge in [0, 0.05) is 7.11 Å². The van der Waals surface area contributed by atoms with Gasteiger partial charge in [0.05, 0.1) is 6.04 Å². The van der Waals surface area contributed by atoms with Crippen LogP contribution in [-0.2, 0) is 16.0 Å². The molecule has 0 saturated heterocycles. The summed E-state index contributed by atoms with van der Waals surface area (Å²) in [6.45, 7) is 0. The largest absolute Gasteiger partial charge is 0.375 e. The zero-order valence-corrected chi connectivity index (χ0v) is 8.07. The van der Waals surface area contributed by atoms with Gasteiger partial charge >= 0.3 is 0 Å². The normalized spacial score (nSPS) is 24.4. The van der Waals surface area contributed by atoms with Crippen LogP contribution < -0.4 is 5.32 Å². The Bertz CT molecular complexity index is 338. The summed E-state index contributed by atoms with van der Waals surface area (Å²) in [5.74, 6) is 0. The first-order valence-corrected chi connectivity index (χ1v) is 4.67. The minimum Gasteiger partial charge on any atom is -0.375 e. The van der Waals surface area contributed by atoms with Crippen molar-refractivity contribution < 1.29 is 9.53 Å². The lowest BCUT2D eigenvalue weighted by molar-refractivity contribution is -0.111. The van der Waals surface area contributed by atoms with Gasteiger partial charge in [0.2, 0.25) is 6.41 Å². The average molecular weight is 191 g/mol. The van der Waals surface area contributed by atoms with Gasteiger partial charge in [0.15, 0.2) is 0 Å². The lowest BCUT2D eigenvalue weighted by atomic mass is 10.1. The summed E-state index contributed by atoms with van der Waals surface area (Å²) in [7, 11) is 1.67. The minimum absolute atomic E-state index is 0.00333. The van der Waals surface area contributed by atoms with Crippen molar-refractivity contribution in [2.45, 2.75) is 18.6 Å². The van der Waals surface area contributed by atoms with E-state index in [-0.39, 0.29) is 12.1 Å². The maximum atomic E-state index is 10.4. The highest BCUT2D eigenvalue weighted by Gasteiger charge is 2.31. The summed E-state index contributed by atoms with van der Waals surface area (Å²) in [6.07, 6.45) is 1.59. The Morgan fingerprint density at radius 1 is 1.50 bits per heavy atom. The third kappa shape index (κ3) is 1.40. The molecule has 2 unspecified atom stereocenters. The Kier molecular flexibility index (Phi) is 2.50. The fraction of sp³-hybridized carbons (Fsp3) is 0.364. The van der Waals surface area contributed by atoms with Crippen molar-refractivity contribution in [1.82, 2.24) is 5.32 Å². The molecule has 1 aromatic rings. The SMILES string of the molecule is COC1c2ccccc2CC1NC=O. The molecule has 0 bridgehead atoms. The van der Waals surface area contributed by atoms with Gasteiger partial charge in [0.1, 0.15) is 6.10 Å². The van der Waals surface area contributed by atoms with E-state index in [1.165, 1.54) is 11.1 Å². The van der Waals surface area contributed by atoms with E-state index in [9.17, 15) is 4.79 Å². The van der Waals surface area contributed by atoms with Crippen LogP contribution in [0.25, 0.3) is 0 Å². The number of rotatable bonds is 3. The number of amides is 1. The number of ether oxygens (including phenoxy) is 1. The van der Waals surface area contributed by atoms with Crippen LogP contribution >= 0.6 is 0 Å². The van der Waals surface area contributed by atoms with Gasteiger partial charge in [-0.1, -0.05) is 24.3 Å². The minimum atomic E-state index is -0.00333. The number of hydrogen-bond acceptors (Lipinski definition) is 2. The Morgan fingerprint density at radius 3 is 3.00 bits per heavy atom. The lowest BCUT2D eigenvalue weighted by Crippen LogP contribution is -2.32. The van der Waals surface area contributed by atoms with Crippen LogP contribution in [0, 0.1) is 0 Å². The quantitative estimate of drug-likeness (QED) is 0.725. The average Bonchev–Trinajstić information content (AvgIpc) is 2.55. The first-order valence-electron chi connectivity index (χ1n) is 4.67. The second-order valence-electron chi connectivity index (χ2n) is 3.45. The van der Waals surface area contributed by atoms with Crippen molar-refractivity contribution in [2.75, 3.05) is 7.11 Å². The molecule has 1 aliphatic rings. The van der Waals surface area contributed by atoms with E-state index in [1.54, 1.807) is 7.11 Å². The summed E-state index contributed by atoms with van der Waals surface area (Å²) in [5, 5.41) is 2.79. The highest BCUT2D eigenvalue weighted by Crippen LogP contribution is 2.33. The number of benzene rings is 1. The molecule has 0 radical (unpaired) electrons. The van der Waals surface area contributed by atoms with E-state index in [0.717, 1.165) is 12.8 Å². The van der Waals surface area contributed by atoms with E-state index < -0.39 is 0 Å². The van der Waals surface area contributed by atoms with Crippen molar-refractivity contribution in [3.63, 3.8) is 0 Å². The number of nitrogens with one attached hydrogen (secondary N) is 1. The van der Waals surface area contributed by atoms with E-state index in [2.05, 4.69) is 17.4 Å². The predicted octanol–water partition coefficient (Wildman–Crippen LogP) is 1.04. The van der Waals surface area contributed by atoms with Gasteiger partial charge in [0.25, 0.3) is 0 Å². The molecule has 1 N–H and O–H groups in total. The Hall–Kier alpha value is -1.35. The molecule has 0 saturated carbocycles. The second-order valence-corrected chi connectivity index (χ2v) is 3.45. The van der Waals surface area contributed by atoms with Gasteiger partial charge in [-0.25, -0.2) is 0 Å². The summed E-state index contributed by atoms with van der Waals surface area (Å²) < 4.78 is 5.38. The summed E-state index contributed by atoms with van der Waals surface area (Å²) in [5.41, 5.74) is 2.45. The van der Waals surface area contributed by atoms with Crippen molar-refractivity contribution >= 4 is 6.41 Å². The third-order valence-electron chi connectivity index (χ3n) is 2.70. The molecule has 3 nitrogen and oxygen atoms in total. The molecule has 3 heteroatoms. The molecular weight excluding hydrogens is 178 g/mol. The fourth-order valence-electron chi connectivity index (χ4n) is 2.08. The molecule has 74 valence electrons. The monoisotopic (exact) mass is 191 g/mol. The zero-order valence-electron chi connectivity index (χ0n) is 8.07. The first-order chi connectivity index (χ1) is 6.86. The van der Waals surface area contributed by atoms with Crippen LogP contribution in [0.2, 0.25) is 0 Å². The highest BCUT2D eigenvalue weighted by atomic mass is 16.5. The van der Waals surface area contributed by atoms with Crippen LogP contribution in [-0.4, -0.2) is 19.6 Å². The maximum absolute atomic E-state index is 10.4. The number of carbonyl (C=O) groups is 1. The van der Waals surface area contributed by atoms with Gasteiger partial charge in [-0.05, 0) is 17.5 Å². The van der Waals surface area contributed by atoms with Crippen LogP contribution in [0.5, 0.6) is 0 Å². The van der Waals surface area contributed by atoms with Gasteiger partial charge in [-0.15, -0.1) is 0 Å². The van der Waals surface area contributed by atoms with Crippen molar-refractivity contribution in [3.8, 4) is 0 Å². The summed E-state index contributed by atoms with van der Waals surface area (Å²) >= 11 is 0. The topological polar surface area (TPSA) is 38.3 Å². The molecule has 0 heterocycles. The van der Waals surface area contributed by atoms with Crippen LogP contribution in [0.15, 0.2) is 24.3 Å². The van der Waals surface area contributed by atoms with E-state index in [0.29, 0.717) is 0 Å². The van der Waals surface area contributed by atoms with Crippen LogP contribution in [0.4, 0.5) is 0 Å². The van der Waals surface area contributed by atoms with Gasteiger partial charge in [-0.3, -0.25) is 4.79 Å². The summed E-state index contributed by atoms with van der Waals surface area (Å²) in [6, 6.07) is 8.21. The third-order valence-corrected chi connectivity index (χ3v) is 2.70. The van der Waals surface area contributed by atoms with Crippen molar-refractivity contribution in [2.24, 2.45) is 0 Å². The van der Waals surface area contributed by atoms with Crippen molar-refractivity contribution in [1.29, 1.82) is 0 Å². The fourth-order valence-corrected chi connectivity index (χ4v) is 2.08. The first kappa shape index (κ1) is 9.21. The Balaban J connectivity index is 2.28. The molecule has 0 fully saturated rings. The van der Waals surface area contributed by atoms with Crippen LogP contribution in [0.1, 0.15) is 17.2 Å². The molecule has 1 amide bonds. The number of fused-ring (bicyclic) bond motifs is 1. The molecular formula is C11H13NO2. The molecule has 1 aliphatic carbocycles. The standard InChI is InChI=1S/C11H13NO2/c1-14-11-9-5-3-2-4-8(9)6-10(11)12-7-13/h2-5,7,10-11H,6H2,1H3,(H,12,13).